The van der Waals surface area contributed by atoms with Crippen molar-refractivity contribution in [1.82, 2.24) is 14.3 Å². The van der Waals surface area contributed by atoms with Gasteiger partial charge in [-0.3, -0.25) is 4.79 Å². The lowest BCUT2D eigenvalue weighted by atomic mass is 10.2. The Bertz CT molecular complexity index is 1100. The molecule has 0 aliphatic heterocycles. The van der Waals surface area contributed by atoms with Crippen LogP contribution in [-0.2, 0) is 11.3 Å². The van der Waals surface area contributed by atoms with Crippen molar-refractivity contribution in [3.8, 4) is 5.69 Å². The number of benzene rings is 1. The quantitative estimate of drug-likeness (QED) is 0.221. The minimum Gasteiger partial charge on any atom is -0.383 e. The zero-order valence-corrected chi connectivity index (χ0v) is 20.0. The maximum Gasteiger partial charge on any atom is 0.184 e. The maximum absolute atomic E-state index is 12.8. The van der Waals surface area contributed by atoms with Gasteiger partial charge in [-0.05, 0) is 50.3 Å². The van der Waals surface area contributed by atoms with Gasteiger partial charge in [0.05, 0.1) is 28.1 Å². The number of aryl methyl sites for hydroxylation is 1. The van der Waals surface area contributed by atoms with Gasteiger partial charge < -0.3 is 9.30 Å². The molecule has 0 saturated carbocycles. The molecule has 10 heteroatoms. The molecular weight excluding hydrogens is 469 g/mol. The van der Waals surface area contributed by atoms with Crippen molar-refractivity contribution in [3.05, 3.63) is 55.2 Å². The second-order valence-electron chi connectivity index (χ2n) is 6.29. The van der Waals surface area contributed by atoms with Gasteiger partial charge in [0.25, 0.3) is 0 Å². The monoisotopic (exact) mass is 487 g/mol. The lowest BCUT2D eigenvalue weighted by Crippen LogP contribution is -2.09. The maximum atomic E-state index is 12.8. The summed E-state index contributed by atoms with van der Waals surface area (Å²) in [6.45, 7) is 5.29. The van der Waals surface area contributed by atoms with Crippen LogP contribution in [0.5, 0.6) is 0 Å². The van der Waals surface area contributed by atoms with E-state index in [2.05, 4.69) is 9.67 Å². The Morgan fingerprint density at radius 1 is 1.28 bits per heavy atom. The fourth-order valence-corrected chi connectivity index (χ4v) is 5.45. The number of ketones is 1. The van der Waals surface area contributed by atoms with Gasteiger partial charge in [0, 0.05) is 30.6 Å². The summed E-state index contributed by atoms with van der Waals surface area (Å²) < 4.78 is 10.2. The Kier molecular flexibility index (Phi) is 7.58. The van der Waals surface area contributed by atoms with Gasteiger partial charge in [-0.25, -0.2) is 4.68 Å². The number of Topliss-reactive ketones (excluding diaryl/α,β-unsaturated/α-hetero) is 1. The Balaban J connectivity index is 1.73. The molecule has 0 bridgehead atoms. The number of methoxy groups -OCH3 is 1. The predicted molar refractivity (Wildman–Crippen MR) is 123 cm³/mol. The number of ether oxygens (including phenoxy) is 1. The average Bonchev–Trinajstić information content (AvgIpc) is 3.20. The molecule has 2 aromatic heterocycles. The van der Waals surface area contributed by atoms with Crippen molar-refractivity contribution < 1.29 is 9.53 Å². The molecule has 0 N–H and O–H groups in total. The van der Waals surface area contributed by atoms with E-state index in [0.29, 0.717) is 20.6 Å². The van der Waals surface area contributed by atoms with Crippen LogP contribution in [0.2, 0.25) is 10.0 Å². The van der Waals surface area contributed by atoms with E-state index in [1.807, 2.05) is 19.9 Å². The fraction of sp³-hybridized carbons (Fsp3) is 0.316. The minimum atomic E-state index is 0.0639. The van der Waals surface area contributed by atoms with Crippen LogP contribution < -0.4 is 0 Å². The van der Waals surface area contributed by atoms with E-state index >= 15 is 0 Å². The van der Waals surface area contributed by atoms with E-state index in [1.165, 1.54) is 23.1 Å². The van der Waals surface area contributed by atoms with Crippen LogP contribution in [0.3, 0.4) is 0 Å². The third kappa shape index (κ3) is 5.13. The minimum absolute atomic E-state index is 0.0639. The summed E-state index contributed by atoms with van der Waals surface area (Å²) in [7, 11) is 1.67. The zero-order chi connectivity index (χ0) is 21.1. The molecule has 3 rings (SSSR count). The average molecular weight is 488 g/mol. The molecule has 5 nitrogen and oxygen atoms in total. The third-order valence-corrected chi connectivity index (χ3v) is 7.50. The van der Waals surface area contributed by atoms with Crippen molar-refractivity contribution in [2.24, 2.45) is 0 Å². The molecule has 0 aliphatic carbocycles. The lowest BCUT2D eigenvalue weighted by molar-refractivity contribution is 0.102. The molecule has 29 heavy (non-hydrogen) atoms. The number of carbonyl (C=O) groups is 1. The highest BCUT2D eigenvalue weighted by atomic mass is 35.5. The summed E-state index contributed by atoms with van der Waals surface area (Å²) in [6.07, 6.45) is 0. The first-order valence-electron chi connectivity index (χ1n) is 8.69. The molecule has 0 spiro atoms. The van der Waals surface area contributed by atoms with Crippen LogP contribution in [0.25, 0.3) is 5.69 Å². The standard InChI is InChI=1S/C19H19Cl2N3O2S3/c1-11-8-14(12(2)23(11)6-7-26-3)17(25)10-28-18-22-24(19(27)29-18)13-4-5-15(20)16(21)9-13/h4-5,8-9H,6-7,10H2,1-3H3. The first-order valence-corrected chi connectivity index (χ1v) is 11.7. The summed E-state index contributed by atoms with van der Waals surface area (Å²) in [4.78, 5) is 12.8. The molecular formula is C19H19Cl2N3O2S3. The Morgan fingerprint density at radius 2 is 2.03 bits per heavy atom. The van der Waals surface area contributed by atoms with Crippen LogP contribution in [-0.4, -0.2) is 39.6 Å². The molecule has 3 aromatic rings. The molecule has 2 heterocycles. The molecule has 0 atom stereocenters. The van der Waals surface area contributed by atoms with Crippen molar-refractivity contribution >= 4 is 64.3 Å². The van der Waals surface area contributed by atoms with Crippen molar-refractivity contribution in [3.63, 3.8) is 0 Å². The van der Waals surface area contributed by atoms with Crippen LogP contribution in [0.1, 0.15) is 21.7 Å². The number of nitrogens with zero attached hydrogens (tertiary/aromatic N) is 3. The van der Waals surface area contributed by atoms with Gasteiger partial charge in [-0.15, -0.1) is 5.10 Å². The molecule has 0 radical (unpaired) electrons. The number of hydrogen-bond donors (Lipinski definition) is 0. The number of carbonyl (C=O) groups excluding carboxylic acids is 1. The molecule has 154 valence electrons. The normalized spacial score (nSPS) is 11.2. The largest absolute Gasteiger partial charge is 0.383 e. The van der Waals surface area contributed by atoms with E-state index in [9.17, 15) is 4.79 Å². The van der Waals surface area contributed by atoms with E-state index in [0.717, 1.165) is 33.5 Å². The Labute approximate surface area is 192 Å². The number of thioether (sulfide) groups is 1. The predicted octanol–water partition coefficient (Wildman–Crippen LogP) is 6.01. The Morgan fingerprint density at radius 3 is 2.72 bits per heavy atom. The van der Waals surface area contributed by atoms with Crippen molar-refractivity contribution in [2.75, 3.05) is 19.5 Å². The SMILES string of the molecule is COCCn1c(C)cc(C(=O)CSc2nn(-c3ccc(Cl)c(Cl)c3)c(=S)s2)c1C. The summed E-state index contributed by atoms with van der Waals surface area (Å²) in [5, 5.41) is 5.43. The second kappa shape index (κ2) is 9.76. The number of hydrogen-bond acceptors (Lipinski definition) is 6. The third-order valence-electron chi connectivity index (χ3n) is 4.40. The van der Waals surface area contributed by atoms with E-state index in [-0.39, 0.29) is 11.5 Å². The van der Waals surface area contributed by atoms with Gasteiger partial charge in [0.1, 0.15) is 0 Å². The van der Waals surface area contributed by atoms with Crippen LogP contribution in [0.15, 0.2) is 28.6 Å². The smallest absolute Gasteiger partial charge is 0.184 e. The highest BCUT2D eigenvalue weighted by molar-refractivity contribution is 8.01. The van der Waals surface area contributed by atoms with Crippen molar-refractivity contribution in [1.29, 1.82) is 0 Å². The first-order chi connectivity index (χ1) is 13.8. The highest BCUT2D eigenvalue weighted by Crippen LogP contribution is 2.28. The molecule has 0 unspecified atom stereocenters. The van der Waals surface area contributed by atoms with E-state index in [1.54, 1.807) is 30.0 Å². The molecule has 0 aliphatic rings. The van der Waals surface area contributed by atoms with E-state index < -0.39 is 0 Å². The topological polar surface area (TPSA) is 49.1 Å². The number of aromatic nitrogens is 3. The van der Waals surface area contributed by atoms with Crippen molar-refractivity contribution in [2.45, 2.75) is 24.7 Å². The van der Waals surface area contributed by atoms with Gasteiger partial charge in [0.15, 0.2) is 14.1 Å². The number of rotatable bonds is 8. The van der Waals surface area contributed by atoms with Gasteiger partial charge in [0.2, 0.25) is 0 Å². The fourth-order valence-electron chi connectivity index (χ4n) is 2.91. The van der Waals surface area contributed by atoms with Gasteiger partial charge in [-0.2, -0.15) is 0 Å². The zero-order valence-electron chi connectivity index (χ0n) is 16.1. The summed E-state index contributed by atoms with van der Waals surface area (Å²) in [5.74, 6) is 0.354. The molecule has 0 fully saturated rings. The van der Waals surface area contributed by atoms with Crippen LogP contribution in [0, 0.1) is 17.8 Å². The van der Waals surface area contributed by atoms with Gasteiger partial charge in [-0.1, -0.05) is 46.3 Å². The summed E-state index contributed by atoms with van der Waals surface area (Å²) >= 11 is 20.2. The lowest BCUT2D eigenvalue weighted by Gasteiger charge is -2.08. The second-order valence-corrected chi connectivity index (χ2v) is 9.94. The Hall–Kier alpha value is -1.16. The van der Waals surface area contributed by atoms with Crippen LogP contribution in [0.4, 0.5) is 0 Å². The van der Waals surface area contributed by atoms with Gasteiger partial charge >= 0.3 is 0 Å². The molecule has 1 aromatic carbocycles. The van der Waals surface area contributed by atoms with E-state index in [4.69, 9.17) is 40.2 Å². The summed E-state index contributed by atoms with van der Waals surface area (Å²) in [6, 6.07) is 7.16. The molecule has 0 saturated heterocycles. The summed E-state index contributed by atoms with van der Waals surface area (Å²) in [5.41, 5.74) is 3.48. The van der Waals surface area contributed by atoms with Crippen LogP contribution >= 0.6 is 58.5 Å². The highest BCUT2D eigenvalue weighted by Gasteiger charge is 2.17. The number of halogens is 2. The first kappa shape index (κ1) is 22.5. The molecule has 0 amide bonds.